The topological polar surface area (TPSA) is 81.2 Å². The number of nitrogens with zero attached hydrogens (tertiary/aromatic N) is 1. The maximum Gasteiger partial charge on any atom is 0.252 e. The van der Waals surface area contributed by atoms with Gasteiger partial charge < -0.3 is 15.6 Å². The molecule has 0 aliphatic heterocycles. The summed E-state index contributed by atoms with van der Waals surface area (Å²) in [5.41, 5.74) is 7.62. The van der Waals surface area contributed by atoms with Crippen LogP contribution < -0.4 is 11.1 Å². The van der Waals surface area contributed by atoms with Crippen molar-refractivity contribution in [2.24, 2.45) is 5.73 Å². The van der Waals surface area contributed by atoms with Crippen LogP contribution in [0.4, 0.5) is 0 Å². The molecule has 0 saturated carbocycles. The van der Waals surface area contributed by atoms with Crippen LogP contribution >= 0.6 is 11.3 Å². The van der Waals surface area contributed by atoms with E-state index in [2.05, 4.69) is 22.3 Å². The van der Waals surface area contributed by atoms with Crippen LogP contribution in [0.5, 0.6) is 0 Å². The van der Waals surface area contributed by atoms with Gasteiger partial charge in [0.1, 0.15) is 5.76 Å². The number of hydrogen-bond donors (Lipinski definition) is 2. The van der Waals surface area contributed by atoms with Gasteiger partial charge in [-0.05, 0) is 19.9 Å². The van der Waals surface area contributed by atoms with E-state index < -0.39 is 0 Å². The van der Waals surface area contributed by atoms with Gasteiger partial charge in [0.05, 0.1) is 22.7 Å². The Balaban J connectivity index is 2.00. The Morgan fingerprint density at radius 1 is 1.55 bits per heavy atom. The molecule has 5 nitrogen and oxygen atoms in total. The molecule has 0 unspecified atom stereocenters. The third-order valence-electron chi connectivity index (χ3n) is 2.78. The van der Waals surface area contributed by atoms with E-state index >= 15 is 0 Å². The first-order valence-corrected chi connectivity index (χ1v) is 6.97. The van der Waals surface area contributed by atoms with Crippen molar-refractivity contribution in [2.45, 2.75) is 20.4 Å². The van der Waals surface area contributed by atoms with E-state index in [-0.39, 0.29) is 5.91 Å². The molecule has 1 amide bonds. The maximum absolute atomic E-state index is 12.0. The summed E-state index contributed by atoms with van der Waals surface area (Å²) in [6.45, 7) is 4.39. The van der Waals surface area contributed by atoms with Crippen LogP contribution in [0.3, 0.4) is 0 Å². The highest BCUT2D eigenvalue weighted by Gasteiger charge is 2.12. The van der Waals surface area contributed by atoms with E-state index in [1.807, 2.05) is 13.8 Å². The lowest BCUT2D eigenvalue weighted by Gasteiger charge is -2.02. The lowest BCUT2D eigenvalue weighted by Crippen LogP contribution is -2.22. The lowest BCUT2D eigenvalue weighted by atomic mass is 10.2. The summed E-state index contributed by atoms with van der Waals surface area (Å²) in [7, 11) is 0. The van der Waals surface area contributed by atoms with Gasteiger partial charge in [-0.2, -0.15) is 0 Å². The highest BCUT2D eigenvalue weighted by Crippen LogP contribution is 2.15. The molecular weight excluding hydrogens is 274 g/mol. The fourth-order valence-electron chi connectivity index (χ4n) is 1.68. The zero-order valence-electron chi connectivity index (χ0n) is 11.3. The minimum absolute atomic E-state index is 0.137. The van der Waals surface area contributed by atoms with Gasteiger partial charge in [0.15, 0.2) is 0 Å². The molecule has 2 aromatic rings. The molecule has 0 fully saturated rings. The first kappa shape index (κ1) is 14.3. The van der Waals surface area contributed by atoms with Gasteiger partial charge in [-0.25, -0.2) is 0 Å². The van der Waals surface area contributed by atoms with Crippen LogP contribution in [0.15, 0.2) is 16.0 Å². The molecule has 0 radical (unpaired) electrons. The minimum atomic E-state index is -0.137. The summed E-state index contributed by atoms with van der Waals surface area (Å²) in [6.07, 6.45) is 0. The van der Waals surface area contributed by atoms with Gasteiger partial charge >= 0.3 is 0 Å². The zero-order valence-corrected chi connectivity index (χ0v) is 12.1. The average molecular weight is 289 g/mol. The standard InChI is InChI=1S/C14H15N3O2S/c1-9-13(10(2)19-17-9)7-16-14(18)11-6-12(20-8-11)4-3-5-15/h6,8H,5,7,15H2,1-2H3,(H,16,18). The van der Waals surface area contributed by atoms with E-state index in [0.29, 0.717) is 18.7 Å². The monoisotopic (exact) mass is 289 g/mol. The molecule has 0 aliphatic rings. The van der Waals surface area contributed by atoms with Crippen molar-refractivity contribution in [3.8, 4) is 11.8 Å². The second-order valence-corrected chi connectivity index (χ2v) is 5.10. The molecule has 0 spiro atoms. The summed E-state index contributed by atoms with van der Waals surface area (Å²) in [5.74, 6) is 6.26. The molecule has 20 heavy (non-hydrogen) atoms. The number of nitrogens with two attached hydrogens (primary N) is 1. The molecule has 0 aromatic carbocycles. The summed E-state index contributed by atoms with van der Waals surface area (Å²) in [4.78, 5) is 12.9. The van der Waals surface area contributed by atoms with Crippen molar-refractivity contribution in [1.82, 2.24) is 10.5 Å². The summed E-state index contributed by atoms with van der Waals surface area (Å²) < 4.78 is 5.05. The largest absolute Gasteiger partial charge is 0.361 e. The Labute approximate surface area is 121 Å². The number of thiophene rings is 1. The molecule has 0 atom stereocenters. The predicted octanol–water partition coefficient (Wildman–Crippen LogP) is 1.59. The van der Waals surface area contributed by atoms with Crippen molar-refractivity contribution in [3.63, 3.8) is 0 Å². The van der Waals surface area contributed by atoms with Crippen LogP contribution in [0.25, 0.3) is 0 Å². The molecule has 3 N–H and O–H groups in total. The maximum atomic E-state index is 12.0. The van der Waals surface area contributed by atoms with E-state index in [1.165, 1.54) is 11.3 Å². The van der Waals surface area contributed by atoms with Gasteiger partial charge in [0, 0.05) is 17.5 Å². The minimum Gasteiger partial charge on any atom is -0.361 e. The molecule has 104 valence electrons. The molecule has 2 heterocycles. The van der Waals surface area contributed by atoms with Gasteiger partial charge in [0.2, 0.25) is 0 Å². The summed E-state index contributed by atoms with van der Waals surface area (Å²) in [6, 6.07) is 1.76. The Hall–Kier alpha value is -2.10. The van der Waals surface area contributed by atoms with Crippen LogP contribution in [0.1, 0.15) is 32.3 Å². The molecule has 0 bridgehead atoms. The fourth-order valence-corrected chi connectivity index (χ4v) is 2.44. The highest BCUT2D eigenvalue weighted by molar-refractivity contribution is 7.10. The molecule has 0 saturated heterocycles. The highest BCUT2D eigenvalue weighted by atomic mass is 32.1. The number of nitrogens with one attached hydrogen (secondary N) is 1. The lowest BCUT2D eigenvalue weighted by molar-refractivity contribution is 0.0951. The number of hydrogen-bond acceptors (Lipinski definition) is 5. The van der Waals surface area contributed by atoms with E-state index in [0.717, 1.165) is 21.9 Å². The SMILES string of the molecule is Cc1noc(C)c1CNC(=O)c1csc(C#CCN)c1. The summed E-state index contributed by atoms with van der Waals surface area (Å²) >= 11 is 1.43. The van der Waals surface area contributed by atoms with E-state index in [9.17, 15) is 4.79 Å². The van der Waals surface area contributed by atoms with Crippen molar-refractivity contribution in [2.75, 3.05) is 6.54 Å². The van der Waals surface area contributed by atoms with Crippen molar-refractivity contribution >= 4 is 17.2 Å². The fraction of sp³-hybridized carbons (Fsp3) is 0.286. The second kappa shape index (κ2) is 6.37. The Bertz CT molecular complexity index is 657. The van der Waals surface area contributed by atoms with E-state index in [4.69, 9.17) is 10.3 Å². The number of rotatable bonds is 3. The second-order valence-electron chi connectivity index (χ2n) is 4.19. The summed E-state index contributed by atoms with van der Waals surface area (Å²) in [5, 5.41) is 8.48. The third-order valence-corrected chi connectivity index (χ3v) is 3.63. The van der Waals surface area contributed by atoms with Gasteiger partial charge in [-0.15, -0.1) is 11.3 Å². The quantitative estimate of drug-likeness (QED) is 0.841. The van der Waals surface area contributed by atoms with Gasteiger partial charge in [-0.3, -0.25) is 4.79 Å². The molecule has 6 heteroatoms. The number of carbonyl (C=O) groups excluding carboxylic acids is 1. The van der Waals surface area contributed by atoms with Crippen molar-refractivity contribution < 1.29 is 9.32 Å². The predicted molar refractivity (Wildman–Crippen MR) is 77.4 cm³/mol. The van der Waals surface area contributed by atoms with E-state index in [1.54, 1.807) is 11.4 Å². The van der Waals surface area contributed by atoms with Gasteiger partial charge in [-0.1, -0.05) is 17.0 Å². The van der Waals surface area contributed by atoms with Crippen molar-refractivity contribution in [1.29, 1.82) is 0 Å². The Morgan fingerprint density at radius 3 is 3.00 bits per heavy atom. The molecule has 2 aromatic heterocycles. The number of amides is 1. The van der Waals surface area contributed by atoms with Crippen LogP contribution in [0.2, 0.25) is 0 Å². The van der Waals surface area contributed by atoms with Crippen LogP contribution in [0, 0.1) is 25.7 Å². The first-order chi connectivity index (χ1) is 9.61. The van der Waals surface area contributed by atoms with Gasteiger partial charge in [0.25, 0.3) is 5.91 Å². The Morgan fingerprint density at radius 2 is 2.35 bits per heavy atom. The first-order valence-electron chi connectivity index (χ1n) is 6.09. The van der Waals surface area contributed by atoms with Crippen LogP contribution in [-0.4, -0.2) is 17.6 Å². The number of aromatic nitrogens is 1. The van der Waals surface area contributed by atoms with Crippen molar-refractivity contribution in [3.05, 3.63) is 38.9 Å². The smallest absolute Gasteiger partial charge is 0.252 e. The Kier molecular flexibility index (Phi) is 4.56. The van der Waals surface area contributed by atoms with Crippen LogP contribution in [-0.2, 0) is 6.54 Å². The zero-order chi connectivity index (χ0) is 14.5. The average Bonchev–Trinajstić information content (AvgIpc) is 3.02. The third kappa shape index (κ3) is 3.26. The normalized spacial score (nSPS) is 9.95. The number of carbonyl (C=O) groups is 1. The molecular formula is C14H15N3O2S. The number of aryl methyl sites for hydroxylation is 2. The molecule has 0 aliphatic carbocycles. The molecule has 2 rings (SSSR count).